The summed E-state index contributed by atoms with van der Waals surface area (Å²) in [4.78, 5) is 11.9. The van der Waals surface area contributed by atoms with Crippen molar-refractivity contribution in [1.82, 2.24) is 25.5 Å². The first-order chi connectivity index (χ1) is 10.6. The highest BCUT2D eigenvalue weighted by molar-refractivity contribution is 7.99. The molecule has 1 N–H and O–H groups in total. The molecule has 0 saturated carbocycles. The van der Waals surface area contributed by atoms with Gasteiger partial charge in [0.15, 0.2) is 0 Å². The summed E-state index contributed by atoms with van der Waals surface area (Å²) >= 11 is 1.34. The van der Waals surface area contributed by atoms with Gasteiger partial charge < -0.3 is 5.32 Å². The third kappa shape index (κ3) is 4.30. The van der Waals surface area contributed by atoms with Gasteiger partial charge in [-0.05, 0) is 42.3 Å². The standard InChI is InChI=1S/C15H21N5OS/c1-4-7-12(3)16-14(21)10-22-15-17-18-19-20(15)13-9-6-5-8-11(13)2/h5-6,8-9,12H,4,7,10H2,1-3H3,(H,16,21)/t12-/m0/s1. The molecule has 1 aromatic carbocycles. The van der Waals surface area contributed by atoms with E-state index in [4.69, 9.17) is 0 Å². The van der Waals surface area contributed by atoms with E-state index in [0.717, 1.165) is 24.1 Å². The van der Waals surface area contributed by atoms with Crippen LogP contribution in [0.5, 0.6) is 0 Å². The molecule has 0 aliphatic rings. The van der Waals surface area contributed by atoms with Gasteiger partial charge in [-0.15, -0.1) is 5.10 Å². The van der Waals surface area contributed by atoms with Gasteiger partial charge in [-0.3, -0.25) is 4.79 Å². The predicted molar refractivity (Wildman–Crippen MR) is 87.1 cm³/mol. The molecule has 6 nitrogen and oxygen atoms in total. The van der Waals surface area contributed by atoms with Gasteiger partial charge in [0.25, 0.3) is 0 Å². The lowest BCUT2D eigenvalue weighted by Gasteiger charge is -2.12. The molecule has 22 heavy (non-hydrogen) atoms. The number of thioether (sulfide) groups is 1. The normalized spacial score (nSPS) is 12.1. The van der Waals surface area contributed by atoms with E-state index in [0.29, 0.717) is 10.9 Å². The summed E-state index contributed by atoms with van der Waals surface area (Å²) in [5.41, 5.74) is 2.01. The molecule has 7 heteroatoms. The number of hydrogen-bond donors (Lipinski definition) is 1. The van der Waals surface area contributed by atoms with E-state index in [1.165, 1.54) is 11.8 Å². The summed E-state index contributed by atoms with van der Waals surface area (Å²) in [6.07, 6.45) is 2.04. The number of tetrazole rings is 1. The van der Waals surface area contributed by atoms with Crippen molar-refractivity contribution in [2.75, 3.05) is 5.75 Å². The molecule has 2 rings (SSSR count). The number of aryl methyl sites for hydroxylation is 1. The molecule has 2 aromatic rings. The van der Waals surface area contributed by atoms with Crippen LogP contribution in [0.2, 0.25) is 0 Å². The molecule has 1 atom stereocenters. The maximum atomic E-state index is 11.9. The van der Waals surface area contributed by atoms with Gasteiger partial charge in [-0.1, -0.05) is 43.3 Å². The molecule has 0 radical (unpaired) electrons. The van der Waals surface area contributed by atoms with Crippen molar-refractivity contribution in [3.63, 3.8) is 0 Å². The Labute approximate surface area is 134 Å². The molecule has 1 heterocycles. The van der Waals surface area contributed by atoms with Crippen molar-refractivity contribution < 1.29 is 4.79 Å². The van der Waals surface area contributed by atoms with Gasteiger partial charge in [-0.25, -0.2) is 0 Å². The molecule has 0 aliphatic heterocycles. The van der Waals surface area contributed by atoms with Crippen LogP contribution in [0.4, 0.5) is 0 Å². The number of hydrogen-bond acceptors (Lipinski definition) is 5. The van der Waals surface area contributed by atoms with E-state index in [1.807, 2.05) is 38.1 Å². The van der Waals surface area contributed by atoms with Crippen LogP contribution < -0.4 is 5.32 Å². The lowest BCUT2D eigenvalue weighted by atomic mass is 10.2. The van der Waals surface area contributed by atoms with Crippen molar-refractivity contribution in [3.05, 3.63) is 29.8 Å². The van der Waals surface area contributed by atoms with Crippen LogP contribution in [0, 0.1) is 6.92 Å². The SMILES string of the molecule is CCC[C@H](C)NC(=O)CSc1nnnn1-c1ccccc1C. The van der Waals surface area contributed by atoms with E-state index >= 15 is 0 Å². The molecular formula is C15H21N5OS. The van der Waals surface area contributed by atoms with Crippen LogP contribution in [0.25, 0.3) is 5.69 Å². The maximum Gasteiger partial charge on any atom is 0.230 e. The summed E-state index contributed by atoms with van der Waals surface area (Å²) in [7, 11) is 0. The first kappa shape index (κ1) is 16.5. The molecule has 0 fully saturated rings. The van der Waals surface area contributed by atoms with Gasteiger partial charge in [0, 0.05) is 6.04 Å². The molecule has 118 valence electrons. The van der Waals surface area contributed by atoms with Gasteiger partial charge in [0.1, 0.15) is 0 Å². The molecule has 0 unspecified atom stereocenters. The number of nitrogens with zero attached hydrogens (tertiary/aromatic N) is 4. The predicted octanol–water partition coefficient (Wildman–Crippen LogP) is 2.37. The second-order valence-corrected chi connectivity index (χ2v) is 6.15. The third-order valence-corrected chi connectivity index (χ3v) is 4.17. The zero-order valence-electron chi connectivity index (χ0n) is 13.1. The first-order valence-electron chi connectivity index (χ1n) is 7.38. The zero-order valence-corrected chi connectivity index (χ0v) is 13.9. The second kappa shape index (κ2) is 7.93. The lowest BCUT2D eigenvalue weighted by molar-refractivity contribution is -0.119. The summed E-state index contributed by atoms with van der Waals surface area (Å²) in [5.74, 6) is 0.311. The summed E-state index contributed by atoms with van der Waals surface area (Å²) < 4.78 is 1.67. The number of amides is 1. The lowest BCUT2D eigenvalue weighted by Crippen LogP contribution is -2.33. The van der Waals surface area contributed by atoms with E-state index in [9.17, 15) is 4.79 Å². The minimum atomic E-state index is 0.00489. The van der Waals surface area contributed by atoms with Gasteiger partial charge >= 0.3 is 0 Å². The Morgan fingerprint density at radius 1 is 1.41 bits per heavy atom. The molecule has 1 aromatic heterocycles. The first-order valence-corrected chi connectivity index (χ1v) is 8.37. The van der Waals surface area contributed by atoms with Crippen molar-refractivity contribution >= 4 is 17.7 Å². The fourth-order valence-electron chi connectivity index (χ4n) is 2.17. The average Bonchev–Trinajstić information content (AvgIpc) is 2.94. The van der Waals surface area contributed by atoms with Crippen molar-refractivity contribution in [2.24, 2.45) is 0 Å². The van der Waals surface area contributed by atoms with Crippen LogP contribution >= 0.6 is 11.8 Å². The number of benzene rings is 1. The Kier molecular flexibility index (Phi) is 5.94. The summed E-state index contributed by atoms with van der Waals surface area (Å²) in [6, 6.07) is 8.07. The van der Waals surface area contributed by atoms with E-state index in [1.54, 1.807) is 4.68 Å². The minimum absolute atomic E-state index is 0.00489. The molecule has 0 spiro atoms. The topological polar surface area (TPSA) is 72.7 Å². The van der Waals surface area contributed by atoms with E-state index < -0.39 is 0 Å². The molecule has 0 saturated heterocycles. The number of carbonyl (C=O) groups excluding carboxylic acids is 1. The van der Waals surface area contributed by atoms with E-state index in [2.05, 4.69) is 27.8 Å². The maximum absolute atomic E-state index is 11.9. The van der Waals surface area contributed by atoms with Crippen LogP contribution in [-0.2, 0) is 4.79 Å². The Bertz CT molecular complexity index is 628. The highest BCUT2D eigenvalue weighted by atomic mass is 32.2. The third-order valence-electron chi connectivity index (χ3n) is 3.25. The Hall–Kier alpha value is -1.89. The number of para-hydroxylation sites is 1. The zero-order chi connectivity index (χ0) is 15.9. The summed E-state index contributed by atoms with van der Waals surface area (Å²) in [6.45, 7) is 6.13. The molecule has 0 aliphatic carbocycles. The van der Waals surface area contributed by atoms with Crippen molar-refractivity contribution in [1.29, 1.82) is 0 Å². The molecule has 1 amide bonds. The quantitative estimate of drug-likeness (QED) is 0.793. The number of nitrogens with one attached hydrogen (secondary N) is 1. The highest BCUT2D eigenvalue weighted by Gasteiger charge is 2.13. The largest absolute Gasteiger partial charge is 0.353 e. The van der Waals surface area contributed by atoms with Crippen LogP contribution in [0.3, 0.4) is 0 Å². The smallest absolute Gasteiger partial charge is 0.230 e. The van der Waals surface area contributed by atoms with Crippen molar-refractivity contribution in [3.8, 4) is 5.69 Å². The molecule has 0 bridgehead atoms. The van der Waals surface area contributed by atoms with Gasteiger partial charge in [-0.2, -0.15) is 4.68 Å². The molecular weight excluding hydrogens is 298 g/mol. The van der Waals surface area contributed by atoms with Gasteiger partial charge in [0.2, 0.25) is 11.1 Å². The number of rotatable bonds is 7. The fourth-order valence-corrected chi connectivity index (χ4v) is 2.87. The van der Waals surface area contributed by atoms with Gasteiger partial charge in [0.05, 0.1) is 11.4 Å². The second-order valence-electron chi connectivity index (χ2n) is 5.21. The van der Waals surface area contributed by atoms with E-state index in [-0.39, 0.29) is 11.9 Å². The Morgan fingerprint density at radius 3 is 2.91 bits per heavy atom. The van der Waals surface area contributed by atoms with Crippen LogP contribution in [-0.4, -0.2) is 37.9 Å². The van der Waals surface area contributed by atoms with Crippen LogP contribution in [0.15, 0.2) is 29.4 Å². The minimum Gasteiger partial charge on any atom is -0.353 e. The average molecular weight is 319 g/mol. The van der Waals surface area contributed by atoms with Crippen molar-refractivity contribution in [2.45, 2.75) is 44.8 Å². The monoisotopic (exact) mass is 319 g/mol. The highest BCUT2D eigenvalue weighted by Crippen LogP contribution is 2.20. The number of carbonyl (C=O) groups is 1. The Morgan fingerprint density at radius 2 is 2.18 bits per heavy atom. The number of aromatic nitrogens is 4. The summed E-state index contributed by atoms with van der Waals surface area (Å²) in [5, 5.41) is 15.3. The fraction of sp³-hybridized carbons (Fsp3) is 0.467. The van der Waals surface area contributed by atoms with Crippen LogP contribution in [0.1, 0.15) is 32.3 Å². The Balaban J connectivity index is 1.99.